The van der Waals surface area contributed by atoms with Gasteiger partial charge in [-0.1, -0.05) is 11.8 Å². The Morgan fingerprint density at radius 1 is 0.815 bits per heavy atom. The average Bonchev–Trinajstić information content (AvgIpc) is 3.20. The van der Waals surface area contributed by atoms with Crippen LogP contribution in [0.4, 0.5) is 0 Å². The van der Waals surface area contributed by atoms with Crippen molar-refractivity contribution in [1.82, 2.24) is 10.2 Å². The highest BCUT2D eigenvalue weighted by atomic mass is 32.2. The van der Waals surface area contributed by atoms with Crippen molar-refractivity contribution in [2.45, 2.75) is 11.0 Å². The maximum Gasteiger partial charge on any atom is 0.277 e. The lowest BCUT2D eigenvalue weighted by molar-refractivity contribution is 0.393. The van der Waals surface area contributed by atoms with Gasteiger partial charge in [-0.05, 0) is 30.3 Å². The number of ether oxygens (including phenoxy) is 4. The Morgan fingerprint density at radius 3 is 2.22 bits per heavy atom. The van der Waals surface area contributed by atoms with E-state index in [1.807, 2.05) is 30.3 Å². The van der Waals surface area contributed by atoms with Gasteiger partial charge >= 0.3 is 0 Å². The number of methoxy groups -OCH3 is 4. The number of aromatic nitrogens is 2. The molecule has 0 atom stereocenters. The molecule has 0 amide bonds. The molecule has 8 heteroatoms. The van der Waals surface area contributed by atoms with Gasteiger partial charge in [-0.15, -0.1) is 10.2 Å². The Bertz CT molecular complexity index is 913. The summed E-state index contributed by atoms with van der Waals surface area (Å²) in [4.78, 5) is 0. The van der Waals surface area contributed by atoms with Crippen LogP contribution in [0, 0.1) is 0 Å². The van der Waals surface area contributed by atoms with E-state index in [1.165, 1.54) is 11.8 Å². The molecule has 0 radical (unpaired) electrons. The molecule has 0 unspecified atom stereocenters. The molecule has 2 aromatic carbocycles. The molecule has 3 rings (SSSR count). The van der Waals surface area contributed by atoms with E-state index in [2.05, 4.69) is 10.2 Å². The standard InChI is InChI=1S/C19H20N2O5S/c1-22-13-6-8-16(24-3)12(9-13)11-27-19-21-20-18(26-19)15-7-5-14(23-2)10-17(15)25-4/h5-10H,11H2,1-4H3. The molecule has 27 heavy (non-hydrogen) atoms. The van der Waals surface area contributed by atoms with Gasteiger partial charge in [0.25, 0.3) is 11.1 Å². The first-order chi connectivity index (χ1) is 13.2. The van der Waals surface area contributed by atoms with Crippen LogP contribution in [-0.2, 0) is 5.75 Å². The molecule has 1 aromatic heterocycles. The molecular weight excluding hydrogens is 368 g/mol. The highest BCUT2D eigenvalue weighted by molar-refractivity contribution is 7.98. The maximum absolute atomic E-state index is 5.79. The highest BCUT2D eigenvalue weighted by Gasteiger charge is 2.15. The Hall–Kier alpha value is -2.87. The summed E-state index contributed by atoms with van der Waals surface area (Å²) in [6.45, 7) is 0. The maximum atomic E-state index is 5.79. The molecule has 3 aromatic rings. The van der Waals surface area contributed by atoms with Gasteiger partial charge in [0.05, 0.1) is 34.0 Å². The van der Waals surface area contributed by atoms with Gasteiger partial charge in [0, 0.05) is 17.4 Å². The summed E-state index contributed by atoms with van der Waals surface area (Å²) in [5, 5.41) is 8.69. The van der Waals surface area contributed by atoms with Gasteiger partial charge in [-0.25, -0.2) is 0 Å². The Kier molecular flexibility index (Phi) is 6.08. The van der Waals surface area contributed by atoms with Crippen molar-refractivity contribution in [1.29, 1.82) is 0 Å². The second-order valence-electron chi connectivity index (χ2n) is 5.41. The smallest absolute Gasteiger partial charge is 0.277 e. The molecule has 1 heterocycles. The van der Waals surface area contributed by atoms with Crippen LogP contribution < -0.4 is 18.9 Å². The van der Waals surface area contributed by atoms with Crippen LogP contribution in [0.3, 0.4) is 0 Å². The predicted molar refractivity (Wildman–Crippen MR) is 102 cm³/mol. The number of rotatable bonds is 8. The Labute approximate surface area is 161 Å². The van der Waals surface area contributed by atoms with Gasteiger partial charge in [0.2, 0.25) is 0 Å². The largest absolute Gasteiger partial charge is 0.497 e. The summed E-state index contributed by atoms with van der Waals surface area (Å²) in [7, 11) is 6.45. The summed E-state index contributed by atoms with van der Waals surface area (Å²) in [6.07, 6.45) is 0. The van der Waals surface area contributed by atoms with Crippen LogP contribution in [0.15, 0.2) is 46.0 Å². The van der Waals surface area contributed by atoms with Crippen molar-refractivity contribution in [2.75, 3.05) is 28.4 Å². The lowest BCUT2D eigenvalue weighted by Gasteiger charge is -2.09. The molecule has 0 bridgehead atoms. The molecule has 0 saturated heterocycles. The molecule has 0 spiro atoms. The third-order valence-corrected chi connectivity index (χ3v) is 4.75. The van der Waals surface area contributed by atoms with Crippen molar-refractivity contribution in [3.05, 3.63) is 42.0 Å². The first kappa shape index (κ1) is 18.9. The number of thioether (sulfide) groups is 1. The molecule has 0 fully saturated rings. The van der Waals surface area contributed by atoms with Gasteiger partial charge in [-0.3, -0.25) is 0 Å². The third kappa shape index (κ3) is 4.28. The quantitative estimate of drug-likeness (QED) is 0.535. The summed E-state index contributed by atoms with van der Waals surface area (Å²) < 4.78 is 27.1. The van der Waals surface area contributed by atoms with Gasteiger partial charge in [0.15, 0.2) is 0 Å². The van der Waals surface area contributed by atoms with E-state index in [1.54, 1.807) is 34.5 Å². The van der Waals surface area contributed by atoms with Crippen LogP contribution in [-0.4, -0.2) is 38.6 Å². The first-order valence-electron chi connectivity index (χ1n) is 8.08. The zero-order valence-corrected chi connectivity index (χ0v) is 16.3. The first-order valence-corrected chi connectivity index (χ1v) is 9.06. The zero-order valence-electron chi connectivity index (χ0n) is 15.5. The fourth-order valence-corrected chi connectivity index (χ4v) is 3.23. The van der Waals surface area contributed by atoms with Crippen molar-refractivity contribution in [3.8, 4) is 34.5 Å². The summed E-state index contributed by atoms with van der Waals surface area (Å²) in [5.74, 6) is 3.82. The van der Waals surface area contributed by atoms with Crippen LogP contribution in [0.5, 0.6) is 23.0 Å². The van der Waals surface area contributed by atoms with E-state index in [-0.39, 0.29) is 0 Å². The van der Waals surface area contributed by atoms with Crippen molar-refractivity contribution in [2.24, 2.45) is 0 Å². The van der Waals surface area contributed by atoms with Gasteiger partial charge in [-0.2, -0.15) is 0 Å². The van der Waals surface area contributed by atoms with E-state index in [4.69, 9.17) is 23.4 Å². The van der Waals surface area contributed by atoms with Crippen molar-refractivity contribution >= 4 is 11.8 Å². The minimum atomic E-state index is 0.384. The fourth-order valence-electron chi connectivity index (χ4n) is 2.49. The molecule has 0 aliphatic heterocycles. The van der Waals surface area contributed by atoms with Gasteiger partial charge in [0.1, 0.15) is 23.0 Å². The summed E-state index contributed by atoms with van der Waals surface area (Å²) in [5.41, 5.74) is 1.68. The number of benzene rings is 2. The monoisotopic (exact) mass is 388 g/mol. The van der Waals surface area contributed by atoms with Crippen LogP contribution in [0.1, 0.15) is 5.56 Å². The fraction of sp³-hybridized carbons (Fsp3) is 0.263. The number of nitrogens with zero attached hydrogens (tertiary/aromatic N) is 2. The number of hydrogen-bond acceptors (Lipinski definition) is 8. The van der Waals surface area contributed by atoms with Crippen LogP contribution in [0.2, 0.25) is 0 Å². The van der Waals surface area contributed by atoms with E-state index in [9.17, 15) is 0 Å². The average molecular weight is 388 g/mol. The lowest BCUT2D eigenvalue weighted by Crippen LogP contribution is -1.92. The second kappa shape index (κ2) is 8.68. The minimum absolute atomic E-state index is 0.384. The van der Waals surface area contributed by atoms with E-state index in [0.717, 1.165) is 17.1 Å². The molecular formula is C19H20N2O5S. The molecule has 0 N–H and O–H groups in total. The summed E-state index contributed by atoms with van der Waals surface area (Å²) >= 11 is 1.42. The molecule has 7 nitrogen and oxygen atoms in total. The Balaban J connectivity index is 1.78. The predicted octanol–water partition coefficient (Wildman–Crippen LogP) is 4.06. The lowest BCUT2D eigenvalue weighted by atomic mass is 10.2. The summed E-state index contributed by atoms with van der Waals surface area (Å²) in [6, 6.07) is 11.1. The third-order valence-electron chi connectivity index (χ3n) is 3.88. The van der Waals surface area contributed by atoms with Gasteiger partial charge < -0.3 is 23.4 Å². The highest BCUT2D eigenvalue weighted by Crippen LogP contribution is 2.35. The van der Waals surface area contributed by atoms with Crippen molar-refractivity contribution < 1.29 is 23.4 Å². The minimum Gasteiger partial charge on any atom is -0.497 e. The molecule has 0 saturated carbocycles. The van der Waals surface area contributed by atoms with E-state index in [0.29, 0.717) is 33.9 Å². The topological polar surface area (TPSA) is 75.8 Å². The molecule has 142 valence electrons. The normalized spacial score (nSPS) is 10.5. The molecule has 0 aliphatic carbocycles. The van der Waals surface area contributed by atoms with Crippen LogP contribution >= 0.6 is 11.8 Å². The van der Waals surface area contributed by atoms with Crippen LogP contribution in [0.25, 0.3) is 11.5 Å². The van der Waals surface area contributed by atoms with E-state index >= 15 is 0 Å². The number of hydrogen-bond donors (Lipinski definition) is 0. The zero-order chi connectivity index (χ0) is 19.2. The van der Waals surface area contributed by atoms with Crippen molar-refractivity contribution in [3.63, 3.8) is 0 Å². The molecule has 0 aliphatic rings. The SMILES string of the molecule is COc1ccc(OC)c(CSc2nnc(-c3ccc(OC)cc3OC)o2)c1. The Morgan fingerprint density at radius 2 is 1.52 bits per heavy atom. The van der Waals surface area contributed by atoms with E-state index < -0.39 is 0 Å². The second-order valence-corrected chi connectivity index (χ2v) is 6.33.